The Balaban J connectivity index is 3.09. The number of benzene rings is 1. The lowest BCUT2D eigenvalue weighted by molar-refractivity contribution is 0.0570. The minimum absolute atomic E-state index is 0.171. The molecule has 0 radical (unpaired) electrons. The molecule has 0 aliphatic carbocycles. The molecule has 0 aromatic heterocycles. The summed E-state index contributed by atoms with van der Waals surface area (Å²) in [5, 5.41) is 0. The maximum Gasteiger partial charge on any atom is 0.254 e. The van der Waals surface area contributed by atoms with E-state index in [4.69, 9.17) is 0 Å². The molecule has 0 N–H and O–H groups in total. The molecule has 0 saturated heterocycles. The van der Waals surface area contributed by atoms with E-state index < -0.39 is 11.8 Å². The molecular formula is C15H17F3. The number of hydrogen-bond acceptors (Lipinski definition) is 0. The summed E-state index contributed by atoms with van der Waals surface area (Å²) in [6, 6.07) is 4.44. The average molecular weight is 254 g/mol. The summed E-state index contributed by atoms with van der Waals surface area (Å²) in [6.07, 6.45) is -2.52. The standard InChI is InChI=1S/C15H17F3/c1-10(2)12-7-11(8-13(16)9-12)5-6-15(3,4)14(17)18/h7-10,14H,1-4H3. The molecular weight excluding hydrogens is 237 g/mol. The number of alkyl halides is 2. The van der Waals surface area contributed by atoms with Gasteiger partial charge in [-0.2, -0.15) is 0 Å². The van der Waals surface area contributed by atoms with E-state index in [1.807, 2.05) is 13.8 Å². The molecule has 1 rings (SSSR count). The molecule has 18 heavy (non-hydrogen) atoms. The van der Waals surface area contributed by atoms with Crippen LogP contribution < -0.4 is 0 Å². The molecule has 0 aliphatic heterocycles. The predicted molar refractivity (Wildman–Crippen MR) is 67.2 cm³/mol. The SMILES string of the molecule is CC(C)c1cc(F)cc(C#CC(C)(C)C(F)F)c1. The quantitative estimate of drug-likeness (QED) is 0.677. The van der Waals surface area contributed by atoms with E-state index in [1.54, 1.807) is 6.07 Å². The fourth-order valence-electron chi connectivity index (χ4n) is 1.31. The first kappa shape index (κ1) is 14.6. The highest BCUT2D eigenvalue weighted by Crippen LogP contribution is 2.24. The fourth-order valence-corrected chi connectivity index (χ4v) is 1.31. The van der Waals surface area contributed by atoms with Gasteiger partial charge in [-0.3, -0.25) is 0 Å². The van der Waals surface area contributed by atoms with E-state index in [-0.39, 0.29) is 11.7 Å². The first-order valence-corrected chi connectivity index (χ1v) is 5.84. The Labute approximate surface area is 106 Å². The molecule has 1 aromatic rings. The number of halogens is 3. The Morgan fingerprint density at radius 1 is 1.11 bits per heavy atom. The van der Waals surface area contributed by atoms with Gasteiger partial charge in [0.05, 0.1) is 5.41 Å². The lowest BCUT2D eigenvalue weighted by Gasteiger charge is -2.15. The zero-order valence-corrected chi connectivity index (χ0v) is 11.0. The molecule has 0 heterocycles. The lowest BCUT2D eigenvalue weighted by atomic mass is 9.94. The minimum atomic E-state index is -2.52. The van der Waals surface area contributed by atoms with Crippen LogP contribution in [0.15, 0.2) is 18.2 Å². The van der Waals surface area contributed by atoms with Gasteiger partial charge in [-0.1, -0.05) is 25.7 Å². The third-order valence-electron chi connectivity index (χ3n) is 2.66. The van der Waals surface area contributed by atoms with Gasteiger partial charge in [-0.05, 0) is 43.5 Å². The molecule has 0 aliphatic rings. The smallest absolute Gasteiger partial charge is 0.209 e. The third kappa shape index (κ3) is 3.80. The van der Waals surface area contributed by atoms with Gasteiger partial charge in [0.1, 0.15) is 5.82 Å². The van der Waals surface area contributed by atoms with E-state index in [9.17, 15) is 13.2 Å². The van der Waals surface area contributed by atoms with Crippen LogP contribution in [0.2, 0.25) is 0 Å². The first-order chi connectivity index (χ1) is 8.22. The monoisotopic (exact) mass is 254 g/mol. The van der Waals surface area contributed by atoms with Crippen LogP contribution in [0.1, 0.15) is 44.7 Å². The molecule has 0 fully saturated rings. The summed E-state index contributed by atoms with van der Waals surface area (Å²) >= 11 is 0. The first-order valence-electron chi connectivity index (χ1n) is 5.84. The van der Waals surface area contributed by atoms with Crippen LogP contribution in [-0.4, -0.2) is 6.43 Å². The Kier molecular flexibility index (Phi) is 4.45. The summed E-state index contributed by atoms with van der Waals surface area (Å²) in [6.45, 7) is 6.62. The second-order valence-electron chi connectivity index (χ2n) is 5.20. The van der Waals surface area contributed by atoms with Gasteiger partial charge >= 0.3 is 0 Å². The van der Waals surface area contributed by atoms with Crippen LogP contribution in [0.25, 0.3) is 0 Å². The number of rotatable bonds is 2. The van der Waals surface area contributed by atoms with Crippen LogP contribution in [0, 0.1) is 23.1 Å². The second kappa shape index (κ2) is 5.48. The summed E-state index contributed by atoms with van der Waals surface area (Å²) in [4.78, 5) is 0. The Morgan fingerprint density at radius 3 is 2.22 bits per heavy atom. The van der Waals surface area contributed by atoms with Crippen molar-refractivity contribution in [2.45, 2.75) is 40.0 Å². The van der Waals surface area contributed by atoms with E-state index >= 15 is 0 Å². The highest BCUT2D eigenvalue weighted by atomic mass is 19.3. The maximum atomic E-state index is 13.4. The van der Waals surface area contributed by atoms with Crippen LogP contribution in [0.3, 0.4) is 0 Å². The molecule has 3 heteroatoms. The number of hydrogen-bond donors (Lipinski definition) is 0. The van der Waals surface area contributed by atoms with Gasteiger partial charge < -0.3 is 0 Å². The molecule has 0 saturated carbocycles. The lowest BCUT2D eigenvalue weighted by Crippen LogP contribution is -2.19. The summed E-state index contributed by atoms with van der Waals surface area (Å²) < 4.78 is 38.6. The van der Waals surface area contributed by atoms with Gasteiger partial charge in [0, 0.05) is 5.56 Å². The zero-order valence-electron chi connectivity index (χ0n) is 11.0. The normalized spacial score (nSPS) is 11.6. The van der Waals surface area contributed by atoms with Crippen molar-refractivity contribution >= 4 is 0 Å². The average Bonchev–Trinajstić information content (AvgIpc) is 2.25. The van der Waals surface area contributed by atoms with Crippen LogP contribution in [-0.2, 0) is 0 Å². The van der Waals surface area contributed by atoms with Crippen LogP contribution in [0.4, 0.5) is 13.2 Å². The van der Waals surface area contributed by atoms with Gasteiger partial charge in [0.2, 0.25) is 0 Å². The summed E-state index contributed by atoms with van der Waals surface area (Å²) in [7, 11) is 0. The van der Waals surface area contributed by atoms with E-state index in [0.29, 0.717) is 5.56 Å². The van der Waals surface area contributed by atoms with Crippen molar-refractivity contribution < 1.29 is 13.2 Å². The van der Waals surface area contributed by atoms with E-state index in [1.165, 1.54) is 26.0 Å². The van der Waals surface area contributed by atoms with E-state index in [2.05, 4.69) is 11.8 Å². The highest BCUT2D eigenvalue weighted by Gasteiger charge is 2.26. The van der Waals surface area contributed by atoms with Crippen LogP contribution in [0.5, 0.6) is 0 Å². The van der Waals surface area contributed by atoms with Crippen molar-refractivity contribution in [2.75, 3.05) is 0 Å². The zero-order chi connectivity index (χ0) is 13.9. The van der Waals surface area contributed by atoms with Gasteiger partial charge in [-0.15, -0.1) is 0 Å². The highest BCUT2D eigenvalue weighted by molar-refractivity contribution is 5.39. The Hall–Kier alpha value is -1.43. The van der Waals surface area contributed by atoms with Gasteiger partial charge in [0.15, 0.2) is 0 Å². The fraction of sp³-hybridized carbons (Fsp3) is 0.467. The summed E-state index contributed by atoms with van der Waals surface area (Å²) in [5.41, 5.74) is -0.133. The largest absolute Gasteiger partial charge is 0.254 e. The van der Waals surface area contributed by atoms with Crippen molar-refractivity contribution in [3.63, 3.8) is 0 Å². The van der Waals surface area contributed by atoms with E-state index in [0.717, 1.165) is 5.56 Å². The van der Waals surface area contributed by atoms with Crippen LogP contribution >= 0.6 is 0 Å². The maximum absolute atomic E-state index is 13.4. The predicted octanol–water partition coefficient (Wildman–Crippen LogP) is 4.59. The van der Waals surface area contributed by atoms with Crippen molar-refractivity contribution in [3.05, 3.63) is 35.1 Å². The van der Waals surface area contributed by atoms with Gasteiger partial charge in [0.25, 0.3) is 6.43 Å². The molecule has 98 valence electrons. The Morgan fingerprint density at radius 2 is 1.72 bits per heavy atom. The molecule has 0 spiro atoms. The van der Waals surface area contributed by atoms with Gasteiger partial charge in [-0.25, -0.2) is 13.2 Å². The molecule has 0 nitrogen and oxygen atoms in total. The van der Waals surface area contributed by atoms with Crippen molar-refractivity contribution in [1.82, 2.24) is 0 Å². The Bertz CT molecular complexity index is 476. The molecule has 1 aromatic carbocycles. The van der Waals surface area contributed by atoms with Crippen molar-refractivity contribution in [3.8, 4) is 11.8 Å². The molecule has 0 unspecified atom stereocenters. The van der Waals surface area contributed by atoms with Crippen molar-refractivity contribution in [1.29, 1.82) is 0 Å². The molecule has 0 atom stereocenters. The minimum Gasteiger partial charge on any atom is -0.209 e. The molecule has 0 bridgehead atoms. The third-order valence-corrected chi connectivity index (χ3v) is 2.66. The second-order valence-corrected chi connectivity index (χ2v) is 5.20. The molecule has 0 amide bonds. The summed E-state index contributed by atoms with van der Waals surface area (Å²) in [5.74, 6) is 4.92. The topological polar surface area (TPSA) is 0 Å². The van der Waals surface area contributed by atoms with Crippen molar-refractivity contribution in [2.24, 2.45) is 5.41 Å².